The molecule has 0 bridgehead atoms. The van der Waals surface area contributed by atoms with Gasteiger partial charge < -0.3 is 14.0 Å². The average molecular weight is 295 g/mol. The molecule has 1 aliphatic rings. The molecule has 0 amide bonds. The van der Waals surface area contributed by atoms with Crippen LogP contribution in [0.2, 0.25) is 5.02 Å². The van der Waals surface area contributed by atoms with Gasteiger partial charge in [0.2, 0.25) is 5.89 Å². The van der Waals surface area contributed by atoms with Crippen molar-refractivity contribution in [3.8, 4) is 5.75 Å². The molecule has 1 atom stereocenters. The lowest BCUT2D eigenvalue weighted by molar-refractivity contribution is 0.189. The van der Waals surface area contributed by atoms with Crippen molar-refractivity contribution in [2.45, 2.75) is 18.8 Å². The molecule has 20 heavy (non-hydrogen) atoms. The molecule has 0 aliphatic carbocycles. The number of rotatable bonds is 4. The van der Waals surface area contributed by atoms with E-state index in [0.29, 0.717) is 29.8 Å². The maximum Gasteiger partial charge on any atom is 0.232 e. The lowest BCUT2D eigenvalue weighted by Crippen LogP contribution is -1.99. The first-order valence-corrected chi connectivity index (χ1v) is 6.86. The van der Waals surface area contributed by atoms with Crippen LogP contribution in [0.15, 0.2) is 22.7 Å². The van der Waals surface area contributed by atoms with Gasteiger partial charge in [-0.25, -0.2) is 0 Å². The summed E-state index contributed by atoms with van der Waals surface area (Å²) in [4.78, 5) is 4.44. The van der Waals surface area contributed by atoms with Gasteiger partial charge in [-0.15, -0.1) is 0 Å². The van der Waals surface area contributed by atoms with E-state index in [-0.39, 0.29) is 5.92 Å². The summed E-state index contributed by atoms with van der Waals surface area (Å²) in [5.41, 5.74) is 0.940. The summed E-state index contributed by atoms with van der Waals surface area (Å²) in [6.07, 6.45) is 1.46. The molecule has 1 aromatic heterocycles. The van der Waals surface area contributed by atoms with Crippen LogP contribution < -0.4 is 4.74 Å². The number of methoxy groups -OCH3 is 1. The summed E-state index contributed by atoms with van der Waals surface area (Å²) in [5.74, 6) is 2.27. The quantitative estimate of drug-likeness (QED) is 0.868. The predicted molar refractivity (Wildman–Crippen MR) is 73.3 cm³/mol. The lowest BCUT2D eigenvalue weighted by Gasteiger charge is -2.06. The van der Waals surface area contributed by atoms with Crippen LogP contribution in [0, 0.1) is 0 Å². The smallest absolute Gasteiger partial charge is 0.232 e. The van der Waals surface area contributed by atoms with Gasteiger partial charge in [-0.2, -0.15) is 4.98 Å². The molecule has 5 nitrogen and oxygen atoms in total. The van der Waals surface area contributed by atoms with Crippen molar-refractivity contribution in [2.75, 3.05) is 20.3 Å². The number of hydrogen-bond donors (Lipinski definition) is 0. The minimum absolute atomic E-state index is 0.220. The van der Waals surface area contributed by atoms with Gasteiger partial charge in [0.25, 0.3) is 0 Å². The van der Waals surface area contributed by atoms with E-state index in [4.69, 9.17) is 25.6 Å². The molecule has 0 N–H and O–H groups in total. The summed E-state index contributed by atoms with van der Waals surface area (Å²) in [5, 5.41) is 4.68. The number of aromatic nitrogens is 2. The number of nitrogens with zero attached hydrogens (tertiary/aromatic N) is 2. The van der Waals surface area contributed by atoms with E-state index in [1.54, 1.807) is 13.2 Å². The van der Waals surface area contributed by atoms with Gasteiger partial charge in [0.15, 0.2) is 5.82 Å². The standard InChI is InChI=1S/C14H15ClN2O3/c1-18-12-3-2-11(15)6-10(12)7-13-16-14(20-17-13)9-4-5-19-8-9/h2-3,6,9H,4-5,7-8H2,1H3. The van der Waals surface area contributed by atoms with Crippen LogP contribution in [0.25, 0.3) is 0 Å². The van der Waals surface area contributed by atoms with E-state index in [9.17, 15) is 0 Å². The molecule has 2 aromatic rings. The zero-order chi connectivity index (χ0) is 13.9. The maximum absolute atomic E-state index is 6.01. The van der Waals surface area contributed by atoms with Gasteiger partial charge in [-0.05, 0) is 24.6 Å². The van der Waals surface area contributed by atoms with E-state index >= 15 is 0 Å². The molecule has 0 spiro atoms. The fourth-order valence-corrected chi connectivity index (χ4v) is 2.48. The highest BCUT2D eigenvalue weighted by molar-refractivity contribution is 6.30. The van der Waals surface area contributed by atoms with Crippen molar-refractivity contribution in [1.82, 2.24) is 10.1 Å². The van der Waals surface area contributed by atoms with E-state index in [1.807, 2.05) is 12.1 Å². The second-order valence-electron chi connectivity index (χ2n) is 4.74. The molecule has 2 heterocycles. The summed E-state index contributed by atoms with van der Waals surface area (Å²) in [7, 11) is 1.63. The summed E-state index contributed by atoms with van der Waals surface area (Å²) in [6.45, 7) is 1.41. The Hall–Kier alpha value is -1.59. The van der Waals surface area contributed by atoms with Crippen LogP contribution >= 0.6 is 11.6 Å². The molecular weight excluding hydrogens is 280 g/mol. The van der Waals surface area contributed by atoms with Crippen molar-refractivity contribution >= 4 is 11.6 Å². The molecule has 0 saturated carbocycles. The van der Waals surface area contributed by atoms with Crippen LogP contribution in [0.5, 0.6) is 5.75 Å². The van der Waals surface area contributed by atoms with E-state index in [1.165, 1.54) is 0 Å². The molecule has 1 aliphatic heterocycles. The highest BCUT2D eigenvalue weighted by Gasteiger charge is 2.24. The first-order chi connectivity index (χ1) is 9.76. The van der Waals surface area contributed by atoms with Gasteiger partial charge in [0.05, 0.1) is 19.6 Å². The van der Waals surface area contributed by atoms with Crippen molar-refractivity contribution in [3.05, 3.63) is 40.5 Å². The summed E-state index contributed by atoms with van der Waals surface area (Å²) in [6, 6.07) is 5.49. The predicted octanol–water partition coefficient (Wildman–Crippen LogP) is 2.83. The highest BCUT2D eigenvalue weighted by Crippen LogP contribution is 2.26. The minimum atomic E-state index is 0.220. The first-order valence-electron chi connectivity index (χ1n) is 6.49. The molecule has 3 rings (SSSR count). The van der Waals surface area contributed by atoms with Gasteiger partial charge in [-0.3, -0.25) is 0 Å². The SMILES string of the molecule is COc1ccc(Cl)cc1Cc1noc(C2CCOC2)n1. The summed E-state index contributed by atoms with van der Waals surface area (Å²) >= 11 is 6.01. The van der Waals surface area contributed by atoms with Gasteiger partial charge >= 0.3 is 0 Å². The van der Waals surface area contributed by atoms with Crippen LogP contribution in [0.4, 0.5) is 0 Å². The second kappa shape index (κ2) is 5.81. The highest BCUT2D eigenvalue weighted by atomic mass is 35.5. The number of benzene rings is 1. The Labute approximate surface area is 121 Å². The zero-order valence-corrected chi connectivity index (χ0v) is 11.9. The lowest BCUT2D eigenvalue weighted by atomic mass is 10.1. The largest absolute Gasteiger partial charge is 0.496 e. The Bertz CT molecular complexity index is 594. The summed E-state index contributed by atoms with van der Waals surface area (Å²) < 4.78 is 15.9. The van der Waals surface area contributed by atoms with E-state index in [2.05, 4.69) is 10.1 Å². The molecular formula is C14H15ClN2O3. The van der Waals surface area contributed by atoms with Gasteiger partial charge in [0.1, 0.15) is 5.75 Å². The van der Waals surface area contributed by atoms with Crippen molar-refractivity contribution in [2.24, 2.45) is 0 Å². The molecule has 1 unspecified atom stereocenters. The zero-order valence-electron chi connectivity index (χ0n) is 11.1. The average Bonchev–Trinajstić information content (AvgIpc) is 3.09. The van der Waals surface area contributed by atoms with Crippen molar-refractivity contribution in [3.63, 3.8) is 0 Å². The Morgan fingerprint density at radius 1 is 1.45 bits per heavy atom. The molecule has 1 saturated heterocycles. The fourth-order valence-electron chi connectivity index (χ4n) is 2.29. The van der Waals surface area contributed by atoms with Crippen molar-refractivity contribution < 1.29 is 14.0 Å². The first kappa shape index (κ1) is 13.4. The molecule has 6 heteroatoms. The van der Waals surface area contributed by atoms with Crippen LogP contribution in [-0.4, -0.2) is 30.5 Å². The van der Waals surface area contributed by atoms with Crippen LogP contribution in [-0.2, 0) is 11.2 Å². The molecule has 1 aromatic carbocycles. The van der Waals surface area contributed by atoms with Crippen LogP contribution in [0.1, 0.15) is 29.6 Å². The fraction of sp³-hybridized carbons (Fsp3) is 0.429. The van der Waals surface area contributed by atoms with Crippen molar-refractivity contribution in [1.29, 1.82) is 0 Å². The molecule has 1 fully saturated rings. The normalized spacial score (nSPS) is 18.4. The Balaban J connectivity index is 1.79. The van der Waals surface area contributed by atoms with Crippen LogP contribution in [0.3, 0.4) is 0 Å². The second-order valence-corrected chi connectivity index (χ2v) is 5.18. The number of hydrogen-bond acceptors (Lipinski definition) is 5. The van der Waals surface area contributed by atoms with E-state index < -0.39 is 0 Å². The number of halogens is 1. The minimum Gasteiger partial charge on any atom is -0.496 e. The van der Waals surface area contributed by atoms with Gasteiger partial charge in [0, 0.05) is 23.6 Å². The monoisotopic (exact) mass is 294 g/mol. The Morgan fingerprint density at radius 2 is 2.35 bits per heavy atom. The molecule has 106 valence electrons. The van der Waals surface area contributed by atoms with Gasteiger partial charge in [-0.1, -0.05) is 16.8 Å². The van der Waals surface area contributed by atoms with E-state index in [0.717, 1.165) is 24.3 Å². The maximum atomic E-state index is 6.01. The number of ether oxygens (including phenoxy) is 2. The third kappa shape index (κ3) is 2.78. The third-order valence-corrected chi connectivity index (χ3v) is 3.59. The third-order valence-electron chi connectivity index (χ3n) is 3.35. The molecule has 0 radical (unpaired) electrons. The topological polar surface area (TPSA) is 57.4 Å². The Morgan fingerprint density at radius 3 is 3.10 bits per heavy atom. The Kier molecular flexibility index (Phi) is 3.89.